The number of nitrogens with zero attached hydrogens (tertiary/aromatic N) is 1. The van der Waals surface area contributed by atoms with Crippen molar-refractivity contribution >= 4 is 12.3 Å². The van der Waals surface area contributed by atoms with Gasteiger partial charge in [-0.05, 0) is 39.5 Å². The van der Waals surface area contributed by atoms with Gasteiger partial charge in [0.05, 0.1) is 12.3 Å². The maximum absolute atomic E-state index is 11.6. The Bertz CT molecular complexity index is 260. The van der Waals surface area contributed by atoms with Gasteiger partial charge in [0.25, 0.3) is 0 Å². The molecule has 0 aromatic carbocycles. The van der Waals surface area contributed by atoms with Crippen molar-refractivity contribution in [3.63, 3.8) is 0 Å². The van der Waals surface area contributed by atoms with Crippen LogP contribution in [0.2, 0.25) is 0 Å². The average Bonchev–Trinajstić information content (AvgIpc) is 2.17. The molecule has 0 aliphatic heterocycles. The number of carbonyl (C=O) groups excluding carboxylic acids is 1. The van der Waals surface area contributed by atoms with Gasteiger partial charge in [-0.1, -0.05) is 19.0 Å². The van der Waals surface area contributed by atoms with Crippen molar-refractivity contribution in [2.24, 2.45) is 11.1 Å². The van der Waals surface area contributed by atoms with Gasteiger partial charge in [-0.25, -0.2) is 4.79 Å². The molecule has 5 heteroatoms. The molecule has 1 atom stereocenters. The van der Waals surface area contributed by atoms with Gasteiger partial charge < -0.3 is 15.3 Å². The molecule has 0 aromatic rings. The Kier molecular flexibility index (Phi) is 6.61. The molecule has 0 aliphatic rings. The number of amides is 1. The Morgan fingerprint density at radius 1 is 1.47 bits per heavy atom. The first-order chi connectivity index (χ1) is 7.87. The van der Waals surface area contributed by atoms with Crippen LogP contribution in [-0.2, 0) is 4.74 Å². The van der Waals surface area contributed by atoms with Gasteiger partial charge in [-0.3, -0.25) is 0 Å². The monoisotopic (exact) mass is 244 g/mol. The molecule has 100 valence electrons. The second-order valence-corrected chi connectivity index (χ2v) is 4.70. The van der Waals surface area contributed by atoms with Gasteiger partial charge in [0.15, 0.2) is 0 Å². The summed E-state index contributed by atoms with van der Waals surface area (Å²) in [4.78, 5) is 11.6. The Balaban J connectivity index is 4.35. The first-order valence-corrected chi connectivity index (χ1v) is 6.04. The molecule has 0 saturated carbocycles. The van der Waals surface area contributed by atoms with E-state index in [9.17, 15) is 4.79 Å². The van der Waals surface area contributed by atoms with E-state index in [-0.39, 0.29) is 6.04 Å². The molecule has 0 bridgehead atoms. The minimum Gasteiger partial charge on any atom is -0.443 e. The van der Waals surface area contributed by atoms with Crippen molar-refractivity contribution in [2.45, 2.75) is 59.1 Å². The zero-order valence-electron chi connectivity index (χ0n) is 11.4. The fraction of sp³-hybridized carbons (Fsp3) is 0.833. The van der Waals surface area contributed by atoms with Gasteiger partial charge in [0.1, 0.15) is 5.60 Å². The number of hydrogen-bond acceptors (Lipinski definition) is 4. The van der Waals surface area contributed by atoms with Crippen molar-refractivity contribution in [2.75, 3.05) is 0 Å². The molecule has 0 unspecified atom stereocenters. The second-order valence-electron chi connectivity index (χ2n) is 4.70. The van der Waals surface area contributed by atoms with E-state index in [0.717, 1.165) is 12.8 Å². The summed E-state index contributed by atoms with van der Waals surface area (Å²) in [5.41, 5.74) is -0.496. The highest BCUT2D eigenvalue weighted by molar-refractivity contribution is 5.74. The molecule has 5 nitrogen and oxygen atoms in total. The molecule has 0 spiro atoms. The first kappa shape index (κ1) is 15.7. The van der Waals surface area contributed by atoms with E-state index in [4.69, 9.17) is 9.94 Å². The third-order valence-corrected chi connectivity index (χ3v) is 2.96. The van der Waals surface area contributed by atoms with Crippen LogP contribution in [0, 0.1) is 5.92 Å². The number of hydrogen-bond donors (Lipinski definition) is 2. The fourth-order valence-corrected chi connectivity index (χ4v) is 1.95. The van der Waals surface area contributed by atoms with Crippen LogP contribution in [0.5, 0.6) is 0 Å². The Hall–Kier alpha value is -1.26. The predicted octanol–water partition coefficient (Wildman–Crippen LogP) is 2.78. The van der Waals surface area contributed by atoms with Gasteiger partial charge in [0, 0.05) is 0 Å². The summed E-state index contributed by atoms with van der Waals surface area (Å²) in [5, 5.41) is 13.8. The largest absolute Gasteiger partial charge is 0.443 e. The summed E-state index contributed by atoms with van der Waals surface area (Å²) in [6.07, 6.45) is 2.66. The number of carbonyl (C=O) groups is 1. The third kappa shape index (κ3) is 5.56. The molecule has 0 fully saturated rings. The molecular formula is C12H24N2O3. The van der Waals surface area contributed by atoms with Crippen molar-refractivity contribution < 1.29 is 14.7 Å². The number of oxime groups is 1. The Morgan fingerprint density at radius 3 is 2.41 bits per heavy atom. The molecule has 1 amide bonds. The van der Waals surface area contributed by atoms with Crippen LogP contribution in [0.4, 0.5) is 4.79 Å². The Morgan fingerprint density at radius 2 is 2.00 bits per heavy atom. The zero-order chi connectivity index (χ0) is 13.5. The fourth-order valence-electron chi connectivity index (χ4n) is 1.95. The number of alkyl carbamates (subject to hydrolysis) is 1. The molecule has 0 aliphatic carbocycles. The van der Waals surface area contributed by atoms with E-state index in [0.29, 0.717) is 5.92 Å². The predicted molar refractivity (Wildman–Crippen MR) is 67.5 cm³/mol. The highest BCUT2D eigenvalue weighted by atomic mass is 16.6. The minimum atomic E-state index is -0.496. The molecule has 0 aromatic heterocycles. The maximum Gasteiger partial charge on any atom is 0.408 e. The van der Waals surface area contributed by atoms with Crippen molar-refractivity contribution in [1.82, 2.24) is 5.32 Å². The Labute approximate surface area is 103 Å². The smallest absolute Gasteiger partial charge is 0.408 e. The van der Waals surface area contributed by atoms with Crippen LogP contribution in [0.15, 0.2) is 5.16 Å². The molecule has 0 heterocycles. The van der Waals surface area contributed by atoms with E-state index in [2.05, 4.69) is 24.3 Å². The summed E-state index contributed by atoms with van der Waals surface area (Å²) in [6.45, 7) is 9.69. The first-order valence-electron chi connectivity index (χ1n) is 6.04. The van der Waals surface area contributed by atoms with Gasteiger partial charge >= 0.3 is 6.09 Å². The van der Waals surface area contributed by atoms with Crippen molar-refractivity contribution in [3.05, 3.63) is 0 Å². The van der Waals surface area contributed by atoms with Gasteiger partial charge in [-0.2, -0.15) is 0 Å². The van der Waals surface area contributed by atoms with Crippen molar-refractivity contribution in [1.29, 1.82) is 0 Å². The SMILES string of the molecule is CCC(CC)C(C)(C)OC(=O)N[C@H](C)C=NO. The zero-order valence-corrected chi connectivity index (χ0v) is 11.4. The molecule has 0 rings (SSSR count). The average molecular weight is 244 g/mol. The lowest BCUT2D eigenvalue weighted by Gasteiger charge is -2.33. The highest BCUT2D eigenvalue weighted by Crippen LogP contribution is 2.27. The van der Waals surface area contributed by atoms with Crippen LogP contribution >= 0.6 is 0 Å². The normalized spacial score (nSPS) is 14.0. The van der Waals surface area contributed by atoms with Crippen LogP contribution in [0.1, 0.15) is 47.5 Å². The molecule has 2 N–H and O–H groups in total. The molecule has 0 radical (unpaired) electrons. The van der Waals surface area contributed by atoms with Crippen LogP contribution in [-0.4, -0.2) is 29.2 Å². The summed E-state index contributed by atoms with van der Waals surface area (Å²) in [5.74, 6) is 0.329. The van der Waals surface area contributed by atoms with E-state index in [1.54, 1.807) is 6.92 Å². The topological polar surface area (TPSA) is 70.9 Å². The van der Waals surface area contributed by atoms with Crippen LogP contribution < -0.4 is 5.32 Å². The lowest BCUT2D eigenvalue weighted by Crippen LogP contribution is -2.43. The number of nitrogens with one attached hydrogen (secondary N) is 1. The van der Waals surface area contributed by atoms with Gasteiger partial charge in [-0.15, -0.1) is 0 Å². The summed E-state index contributed by atoms with van der Waals surface area (Å²) in [7, 11) is 0. The summed E-state index contributed by atoms with van der Waals surface area (Å²) >= 11 is 0. The van der Waals surface area contributed by atoms with Crippen molar-refractivity contribution in [3.8, 4) is 0 Å². The second kappa shape index (κ2) is 7.14. The van der Waals surface area contributed by atoms with Gasteiger partial charge in [0.2, 0.25) is 0 Å². The molecular weight excluding hydrogens is 220 g/mol. The third-order valence-electron chi connectivity index (χ3n) is 2.96. The quantitative estimate of drug-likeness (QED) is 0.429. The van der Waals surface area contributed by atoms with E-state index in [1.165, 1.54) is 6.21 Å². The summed E-state index contributed by atoms with van der Waals surface area (Å²) in [6, 6.07) is -0.356. The number of rotatable bonds is 6. The van der Waals surface area contributed by atoms with Crippen LogP contribution in [0.25, 0.3) is 0 Å². The lowest BCUT2D eigenvalue weighted by molar-refractivity contribution is -0.00918. The molecule has 17 heavy (non-hydrogen) atoms. The lowest BCUT2D eigenvalue weighted by atomic mass is 9.86. The molecule has 0 saturated heterocycles. The van der Waals surface area contributed by atoms with E-state index in [1.807, 2.05) is 13.8 Å². The highest BCUT2D eigenvalue weighted by Gasteiger charge is 2.31. The number of ether oxygens (including phenoxy) is 1. The minimum absolute atomic E-state index is 0.329. The maximum atomic E-state index is 11.6. The van der Waals surface area contributed by atoms with E-state index < -0.39 is 11.7 Å². The van der Waals surface area contributed by atoms with Crippen LogP contribution in [0.3, 0.4) is 0 Å². The standard InChI is InChI=1S/C12H24N2O3/c1-6-10(7-2)12(4,5)17-11(15)14-9(3)8-13-16/h8-10,16H,6-7H2,1-5H3,(H,14,15)/t9-/m1/s1. The van der Waals surface area contributed by atoms with E-state index >= 15 is 0 Å². The summed E-state index contributed by atoms with van der Waals surface area (Å²) < 4.78 is 5.41.